The van der Waals surface area contributed by atoms with E-state index in [9.17, 15) is 14.4 Å². The molecule has 0 aliphatic rings. The highest BCUT2D eigenvalue weighted by Crippen LogP contribution is 2.31. The molecule has 0 fully saturated rings. The van der Waals surface area contributed by atoms with E-state index in [4.69, 9.17) is 13.6 Å². The maximum Gasteiger partial charge on any atom is 0.344 e. The number of para-hydroxylation sites is 2. The van der Waals surface area contributed by atoms with Crippen LogP contribution in [-0.4, -0.2) is 13.0 Å². The minimum Gasteiger partial charge on any atom is -0.495 e. The van der Waals surface area contributed by atoms with Gasteiger partial charge in [0, 0.05) is 16.3 Å². The number of hydrogen-bond acceptors (Lipinski definition) is 6. The number of benzene rings is 4. The number of carbonyl (C=O) groups is 1. The third-order valence-corrected chi connectivity index (χ3v) is 6.50. The van der Waals surface area contributed by atoms with Crippen molar-refractivity contribution in [1.82, 2.24) is 0 Å². The number of carbonyl (C=O) groups excluding carboxylic acids is 1. The number of anilines is 1. The van der Waals surface area contributed by atoms with Gasteiger partial charge >= 0.3 is 11.3 Å². The average molecular weight is 516 g/mol. The van der Waals surface area contributed by atoms with Crippen molar-refractivity contribution < 1.29 is 18.4 Å². The lowest BCUT2D eigenvalue weighted by molar-refractivity contribution is 0.102. The highest BCUT2D eigenvalue weighted by atomic mass is 16.5. The minimum atomic E-state index is -0.482. The molecule has 0 saturated carbocycles. The van der Waals surface area contributed by atoms with Crippen molar-refractivity contribution >= 4 is 33.5 Å². The molecular weight excluding hydrogens is 494 g/mol. The quantitative estimate of drug-likeness (QED) is 0.263. The molecule has 0 aliphatic carbocycles. The summed E-state index contributed by atoms with van der Waals surface area (Å²) in [6.45, 7) is 0. The fourth-order valence-corrected chi connectivity index (χ4v) is 4.50. The highest BCUT2D eigenvalue weighted by Gasteiger charge is 2.15. The molecule has 0 radical (unpaired) electrons. The van der Waals surface area contributed by atoms with Crippen molar-refractivity contribution in [1.29, 1.82) is 0 Å². The minimum absolute atomic E-state index is 0.366. The molecule has 1 N–H and O–H groups in total. The molecule has 6 rings (SSSR count). The predicted molar refractivity (Wildman–Crippen MR) is 150 cm³/mol. The van der Waals surface area contributed by atoms with Crippen LogP contribution in [0.25, 0.3) is 44.2 Å². The molecule has 4 aromatic carbocycles. The zero-order valence-electron chi connectivity index (χ0n) is 20.8. The first-order chi connectivity index (χ1) is 19.0. The molecule has 0 atom stereocenters. The lowest BCUT2D eigenvalue weighted by Crippen LogP contribution is -2.13. The first-order valence-electron chi connectivity index (χ1n) is 12.2. The fraction of sp³-hybridized carbons (Fsp3) is 0.0312. The van der Waals surface area contributed by atoms with Crippen LogP contribution in [-0.2, 0) is 0 Å². The predicted octanol–water partition coefficient (Wildman–Crippen LogP) is 6.49. The summed E-state index contributed by atoms with van der Waals surface area (Å²) in [5, 5.41) is 4.46. The van der Waals surface area contributed by atoms with Gasteiger partial charge in [0.15, 0.2) is 0 Å². The molecule has 190 valence electrons. The second-order valence-corrected chi connectivity index (χ2v) is 8.92. The van der Waals surface area contributed by atoms with Crippen LogP contribution in [0.3, 0.4) is 0 Å². The van der Waals surface area contributed by atoms with Crippen LogP contribution < -0.4 is 21.3 Å². The number of amides is 1. The van der Waals surface area contributed by atoms with Gasteiger partial charge in [-0.3, -0.25) is 4.79 Å². The first kappa shape index (κ1) is 23.9. The highest BCUT2D eigenvalue weighted by molar-refractivity contribution is 6.05. The number of fused-ring (bicyclic) bond motifs is 2. The normalized spacial score (nSPS) is 11.0. The van der Waals surface area contributed by atoms with Crippen LogP contribution in [0.2, 0.25) is 0 Å². The second kappa shape index (κ2) is 9.79. The van der Waals surface area contributed by atoms with E-state index in [2.05, 4.69) is 5.32 Å². The van der Waals surface area contributed by atoms with E-state index in [0.29, 0.717) is 50.4 Å². The summed E-state index contributed by atoms with van der Waals surface area (Å²) in [4.78, 5) is 38.3. The van der Waals surface area contributed by atoms with E-state index in [1.165, 1.54) is 7.11 Å². The van der Waals surface area contributed by atoms with E-state index in [-0.39, 0.29) is 5.91 Å². The average Bonchev–Trinajstić information content (AvgIpc) is 2.96. The summed E-state index contributed by atoms with van der Waals surface area (Å²) in [6.07, 6.45) is 0. The van der Waals surface area contributed by atoms with Crippen molar-refractivity contribution in [2.24, 2.45) is 0 Å². The zero-order chi connectivity index (χ0) is 26.9. The van der Waals surface area contributed by atoms with E-state index in [1.54, 1.807) is 78.9 Å². The summed E-state index contributed by atoms with van der Waals surface area (Å²) in [5.74, 6) is 0.0516. The SMILES string of the molecule is COc1ccc(-c2cc3ccccc3oc2=O)cc1NC(=O)c1ccc(-c2cc3ccccc3oc2=O)cc1. The Morgan fingerprint density at radius 3 is 1.79 bits per heavy atom. The number of ether oxygens (including phenoxy) is 1. The number of methoxy groups -OCH3 is 1. The molecule has 7 nitrogen and oxygen atoms in total. The molecule has 39 heavy (non-hydrogen) atoms. The summed E-state index contributed by atoms with van der Waals surface area (Å²) in [6, 6.07) is 29.8. The van der Waals surface area contributed by atoms with Crippen LogP contribution in [0.4, 0.5) is 5.69 Å². The van der Waals surface area contributed by atoms with Gasteiger partial charge in [-0.15, -0.1) is 0 Å². The Morgan fingerprint density at radius 1 is 0.667 bits per heavy atom. The number of rotatable bonds is 5. The van der Waals surface area contributed by atoms with E-state index in [1.807, 2.05) is 24.3 Å². The maximum atomic E-state index is 13.1. The standard InChI is InChI=1S/C32H21NO6/c1-37-29-15-14-21(25-17-23-7-3-5-9-28(23)39-32(25)36)18-26(29)33-30(34)20-12-10-19(11-13-20)24-16-22-6-2-4-8-27(22)38-31(24)35/h2-18H,1H3,(H,33,34). The molecular formula is C32H21NO6. The van der Waals surface area contributed by atoms with Crippen LogP contribution >= 0.6 is 0 Å². The third-order valence-electron chi connectivity index (χ3n) is 6.50. The number of hydrogen-bond donors (Lipinski definition) is 1. The smallest absolute Gasteiger partial charge is 0.344 e. The van der Waals surface area contributed by atoms with Crippen LogP contribution in [0.1, 0.15) is 10.4 Å². The Balaban J connectivity index is 1.29. The lowest BCUT2D eigenvalue weighted by atomic mass is 10.0. The summed E-state index contributed by atoms with van der Waals surface area (Å²) < 4.78 is 16.3. The lowest BCUT2D eigenvalue weighted by Gasteiger charge is -2.12. The van der Waals surface area contributed by atoms with Crippen LogP contribution in [0.5, 0.6) is 5.75 Å². The Kier molecular flexibility index (Phi) is 6.01. The van der Waals surface area contributed by atoms with Gasteiger partial charge in [-0.05, 0) is 59.7 Å². The van der Waals surface area contributed by atoms with E-state index >= 15 is 0 Å². The molecule has 0 bridgehead atoms. The van der Waals surface area contributed by atoms with Gasteiger partial charge in [-0.2, -0.15) is 0 Å². The third kappa shape index (κ3) is 4.57. The Hall–Kier alpha value is -5.43. The zero-order valence-corrected chi connectivity index (χ0v) is 20.8. The molecule has 0 unspecified atom stereocenters. The van der Waals surface area contributed by atoms with Gasteiger partial charge in [0.2, 0.25) is 0 Å². The van der Waals surface area contributed by atoms with Gasteiger partial charge in [0.25, 0.3) is 5.91 Å². The van der Waals surface area contributed by atoms with Gasteiger partial charge in [0.05, 0.1) is 23.9 Å². The largest absolute Gasteiger partial charge is 0.495 e. The van der Waals surface area contributed by atoms with Gasteiger partial charge in [-0.25, -0.2) is 9.59 Å². The molecule has 7 heteroatoms. The molecule has 2 aromatic heterocycles. The van der Waals surface area contributed by atoms with Crippen molar-refractivity contribution in [3.63, 3.8) is 0 Å². The second-order valence-electron chi connectivity index (χ2n) is 8.92. The molecule has 0 saturated heterocycles. The Morgan fingerprint density at radius 2 is 1.21 bits per heavy atom. The topological polar surface area (TPSA) is 98.8 Å². The molecule has 1 amide bonds. The molecule has 0 aliphatic heterocycles. The summed E-state index contributed by atoms with van der Waals surface area (Å²) >= 11 is 0. The number of nitrogens with one attached hydrogen (secondary N) is 1. The molecule has 6 aromatic rings. The van der Waals surface area contributed by atoms with E-state index < -0.39 is 11.3 Å². The van der Waals surface area contributed by atoms with Gasteiger partial charge < -0.3 is 18.9 Å². The van der Waals surface area contributed by atoms with Crippen LogP contribution in [0, 0.1) is 0 Å². The van der Waals surface area contributed by atoms with Gasteiger partial charge in [-0.1, -0.05) is 54.6 Å². The van der Waals surface area contributed by atoms with Crippen molar-refractivity contribution in [2.45, 2.75) is 0 Å². The van der Waals surface area contributed by atoms with Crippen molar-refractivity contribution in [2.75, 3.05) is 12.4 Å². The molecule has 0 spiro atoms. The van der Waals surface area contributed by atoms with Crippen molar-refractivity contribution in [3.8, 4) is 28.0 Å². The fourth-order valence-electron chi connectivity index (χ4n) is 4.50. The summed E-state index contributed by atoms with van der Waals surface area (Å²) in [5.41, 5.74) is 2.83. The molecule has 2 heterocycles. The maximum absolute atomic E-state index is 13.1. The monoisotopic (exact) mass is 515 g/mol. The Bertz CT molecular complexity index is 1990. The van der Waals surface area contributed by atoms with Crippen molar-refractivity contribution in [3.05, 3.63) is 130 Å². The summed E-state index contributed by atoms with van der Waals surface area (Å²) in [7, 11) is 1.50. The Labute approximate surface area is 221 Å². The van der Waals surface area contributed by atoms with E-state index in [0.717, 1.165) is 10.8 Å². The van der Waals surface area contributed by atoms with Gasteiger partial charge in [0.1, 0.15) is 16.9 Å². The first-order valence-corrected chi connectivity index (χ1v) is 12.2. The van der Waals surface area contributed by atoms with Crippen LogP contribution in [0.15, 0.2) is 122 Å².